The normalized spacial score (nSPS) is 17.9. The Morgan fingerprint density at radius 3 is 2.60 bits per heavy atom. The third-order valence-corrected chi connectivity index (χ3v) is 4.12. The summed E-state index contributed by atoms with van der Waals surface area (Å²) in [7, 11) is 0. The SMILES string of the molecule is CC(=O)NC1=NN(C(C)=O)[C@H](c2ccc(Cl)cc2Cl)S1. The summed E-state index contributed by atoms with van der Waals surface area (Å²) in [5, 5.41) is 8.84. The predicted octanol–water partition coefficient (Wildman–Crippen LogP) is 2.99. The van der Waals surface area contributed by atoms with Crippen LogP contribution >= 0.6 is 35.0 Å². The van der Waals surface area contributed by atoms with Gasteiger partial charge in [0.2, 0.25) is 11.8 Å². The molecule has 1 atom stereocenters. The predicted molar refractivity (Wildman–Crippen MR) is 80.6 cm³/mol. The number of benzene rings is 1. The molecule has 0 saturated carbocycles. The number of hydrogen-bond donors (Lipinski definition) is 1. The first-order valence-electron chi connectivity index (χ1n) is 5.66. The number of rotatable bonds is 1. The van der Waals surface area contributed by atoms with Gasteiger partial charge in [-0.1, -0.05) is 41.0 Å². The maximum Gasteiger partial charge on any atom is 0.241 e. The fraction of sp³-hybridized carbons (Fsp3) is 0.250. The number of nitrogens with one attached hydrogen (secondary N) is 1. The minimum absolute atomic E-state index is 0.242. The van der Waals surface area contributed by atoms with Crippen LogP contribution in [0.3, 0.4) is 0 Å². The molecule has 0 bridgehead atoms. The van der Waals surface area contributed by atoms with Crippen molar-refractivity contribution in [2.24, 2.45) is 5.10 Å². The smallest absolute Gasteiger partial charge is 0.241 e. The molecule has 0 aromatic heterocycles. The van der Waals surface area contributed by atoms with Crippen molar-refractivity contribution in [3.63, 3.8) is 0 Å². The molecule has 8 heteroatoms. The van der Waals surface area contributed by atoms with Crippen LogP contribution in [0.4, 0.5) is 0 Å². The molecule has 0 fully saturated rings. The third kappa shape index (κ3) is 3.26. The summed E-state index contributed by atoms with van der Waals surface area (Å²) in [5.41, 5.74) is 0.709. The summed E-state index contributed by atoms with van der Waals surface area (Å²) in [4.78, 5) is 22.7. The van der Waals surface area contributed by atoms with Gasteiger partial charge in [-0.3, -0.25) is 9.59 Å². The zero-order valence-corrected chi connectivity index (χ0v) is 13.0. The van der Waals surface area contributed by atoms with Crippen LogP contribution in [0.15, 0.2) is 23.3 Å². The molecule has 0 unspecified atom stereocenters. The van der Waals surface area contributed by atoms with Crippen molar-refractivity contribution >= 4 is 51.9 Å². The summed E-state index contributed by atoms with van der Waals surface area (Å²) in [6.07, 6.45) is 0. The van der Waals surface area contributed by atoms with Crippen LogP contribution < -0.4 is 5.32 Å². The molecule has 2 amide bonds. The molecule has 1 heterocycles. The molecule has 1 aliphatic heterocycles. The van der Waals surface area contributed by atoms with Crippen molar-refractivity contribution in [3.05, 3.63) is 33.8 Å². The number of carbonyl (C=O) groups excluding carboxylic acids is 2. The second kappa shape index (κ2) is 6.03. The molecular weight excluding hydrogens is 321 g/mol. The van der Waals surface area contributed by atoms with Crippen molar-refractivity contribution < 1.29 is 9.59 Å². The molecule has 1 aromatic rings. The Labute approximate surface area is 130 Å². The molecule has 0 saturated heterocycles. The quantitative estimate of drug-likeness (QED) is 0.860. The highest BCUT2D eigenvalue weighted by Crippen LogP contribution is 2.42. The van der Waals surface area contributed by atoms with E-state index in [9.17, 15) is 9.59 Å². The van der Waals surface area contributed by atoms with Gasteiger partial charge < -0.3 is 5.32 Å². The lowest BCUT2D eigenvalue weighted by Gasteiger charge is -2.20. The topological polar surface area (TPSA) is 61.8 Å². The Kier molecular flexibility index (Phi) is 4.57. The lowest BCUT2D eigenvalue weighted by atomic mass is 10.2. The fourth-order valence-corrected chi connectivity index (χ4v) is 3.42. The van der Waals surface area contributed by atoms with Crippen LogP contribution in [0.25, 0.3) is 0 Å². The number of amidine groups is 1. The van der Waals surface area contributed by atoms with Gasteiger partial charge in [-0.05, 0) is 12.1 Å². The van der Waals surface area contributed by atoms with Crippen molar-refractivity contribution in [2.45, 2.75) is 19.2 Å². The summed E-state index contributed by atoms with van der Waals surface area (Å²) in [6.45, 7) is 2.78. The van der Waals surface area contributed by atoms with E-state index in [0.717, 1.165) is 0 Å². The number of hydrazone groups is 1. The standard InChI is InChI=1S/C12H11Cl2N3O2S/c1-6(18)15-12-16-17(7(2)19)11(20-12)9-4-3-8(13)5-10(9)14/h3-5,11H,1-2H3,(H,15,16,18)/t11-/m0/s1. The van der Waals surface area contributed by atoms with E-state index in [1.54, 1.807) is 18.2 Å². The van der Waals surface area contributed by atoms with E-state index in [2.05, 4.69) is 10.4 Å². The van der Waals surface area contributed by atoms with Gasteiger partial charge in [0.25, 0.3) is 0 Å². The summed E-state index contributed by atoms with van der Waals surface area (Å²) < 4.78 is 0. The average Bonchev–Trinajstić information content (AvgIpc) is 2.71. The Morgan fingerprint density at radius 1 is 1.35 bits per heavy atom. The number of carbonyl (C=O) groups is 2. The monoisotopic (exact) mass is 331 g/mol. The van der Waals surface area contributed by atoms with Gasteiger partial charge in [0, 0.05) is 29.5 Å². The van der Waals surface area contributed by atoms with Gasteiger partial charge in [-0.2, -0.15) is 0 Å². The second-order valence-electron chi connectivity index (χ2n) is 4.09. The molecule has 20 heavy (non-hydrogen) atoms. The van der Waals surface area contributed by atoms with Gasteiger partial charge >= 0.3 is 0 Å². The molecular formula is C12H11Cl2N3O2S. The highest BCUT2D eigenvalue weighted by Gasteiger charge is 2.33. The molecule has 0 aliphatic carbocycles. The first-order valence-corrected chi connectivity index (χ1v) is 7.29. The second-order valence-corrected chi connectivity index (χ2v) is 6.00. The van der Waals surface area contributed by atoms with Crippen LogP contribution in [-0.2, 0) is 9.59 Å². The number of hydrogen-bond acceptors (Lipinski definition) is 4. The van der Waals surface area contributed by atoms with E-state index in [-0.39, 0.29) is 11.8 Å². The summed E-state index contributed by atoms with van der Waals surface area (Å²) >= 11 is 13.3. The number of amides is 2. The maximum absolute atomic E-state index is 11.7. The van der Waals surface area contributed by atoms with E-state index in [4.69, 9.17) is 23.2 Å². The summed E-state index contributed by atoms with van der Waals surface area (Å²) in [5.74, 6) is -0.489. The largest absolute Gasteiger partial charge is 0.304 e. The van der Waals surface area contributed by atoms with E-state index < -0.39 is 5.37 Å². The highest BCUT2D eigenvalue weighted by molar-refractivity contribution is 8.14. The van der Waals surface area contributed by atoms with Crippen LogP contribution in [0.5, 0.6) is 0 Å². The minimum atomic E-state index is -0.417. The van der Waals surface area contributed by atoms with Crippen molar-refractivity contribution in [3.8, 4) is 0 Å². The zero-order chi connectivity index (χ0) is 14.9. The number of halogens is 2. The van der Waals surface area contributed by atoms with Crippen LogP contribution in [0, 0.1) is 0 Å². The van der Waals surface area contributed by atoms with E-state index in [1.807, 2.05) is 0 Å². The number of thioether (sulfide) groups is 1. The van der Waals surface area contributed by atoms with Crippen LogP contribution in [0.1, 0.15) is 24.8 Å². The fourth-order valence-electron chi connectivity index (χ4n) is 1.67. The molecule has 5 nitrogen and oxygen atoms in total. The van der Waals surface area contributed by atoms with Crippen LogP contribution in [0.2, 0.25) is 10.0 Å². The lowest BCUT2D eigenvalue weighted by molar-refractivity contribution is -0.129. The van der Waals surface area contributed by atoms with Crippen LogP contribution in [-0.4, -0.2) is 22.0 Å². The van der Waals surface area contributed by atoms with Gasteiger partial charge in [0.05, 0.1) is 0 Å². The van der Waals surface area contributed by atoms with Crippen molar-refractivity contribution in [1.82, 2.24) is 10.3 Å². The van der Waals surface area contributed by atoms with Crippen molar-refractivity contribution in [1.29, 1.82) is 0 Å². The van der Waals surface area contributed by atoms with Crippen molar-refractivity contribution in [2.75, 3.05) is 0 Å². The van der Waals surface area contributed by atoms with E-state index >= 15 is 0 Å². The molecule has 0 radical (unpaired) electrons. The first-order chi connectivity index (χ1) is 9.38. The zero-order valence-electron chi connectivity index (χ0n) is 10.7. The molecule has 1 aliphatic rings. The van der Waals surface area contributed by atoms with Gasteiger partial charge in [-0.25, -0.2) is 5.01 Å². The van der Waals surface area contributed by atoms with Gasteiger partial charge in [0.15, 0.2) is 5.17 Å². The molecule has 2 rings (SSSR count). The maximum atomic E-state index is 11.7. The minimum Gasteiger partial charge on any atom is -0.304 e. The van der Waals surface area contributed by atoms with E-state index in [1.165, 1.54) is 30.6 Å². The molecule has 1 aromatic carbocycles. The first kappa shape index (κ1) is 15.2. The van der Waals surface area contributed by atoms with Gasteiger partial charge in [-0.15, -0.1) is 5.10 Å². The Hall–Kier alpha value is -1.24. The lowest BCUT2D eigenvalue weighted by Crippen LogP contribution is -2.25. The Bertz CT molecular complexity index is 606. The average molecular weight is 332 g/mol. The Morgan fingerprint density at radius 2 is 2.05 bits per heavy atom. The molecule has 106 valence electrons. The summed E-state index contributed by atoms with van der Waals surface area (Å²) in [6, 6.07) is 5.04. The molecule has 1 N–H and O–H groups in total. The van der Waals surface area contributed by atoms with E-state index in [0.29, 0.717) is 20.8 Å². The third-order valence-electron chi connectivity index (χ3n) is 2.48. The van der Waals surface area contributed by atoms with Gasteiger partial charge in [0.1, 0.15) is 5.37 Å². The number of nitrogens with zero attached hydrogens (tertiary/aromatic N) is 2. The molecule has 0 spiro atoms. The Balaban J connectivity index is 2.32. The highest BCUT2D eigenvalue weighted by atomic mass is 35.5.